The van der Waals surface area contributed by atoms with E-state index in [1.807, 2.05) is 19.2 Å². The summed E-state index contributed by atoms with van der Waals surface area (Å²) in [6.07, 6.45) is 4.23. The zero-order valence-electron chi connectivity index (χ0n) is 14.1. The molecular weight excluding hydrogens is 320 g/mol. The Morgan fingerprint density at radius 1 is 1.36 bits per heavy atom. The number of amides is 1. The minimum Gasteiger partial charge on any atom is -0.486 e. The van der Waals surface area contributed by atoms with Gasteiger partial charge in [0.15, 0.2) is 11.5 Å². The lowest BCUT2D eigenvalue weighted by molar-refractivity contribution is -0.118. The van der Waals surface area contributed by atoms with E-state index in [0.717, 1.165) is 5.56 Å². The number of ether oxygens (including phenoxy) is 2. The van der Waals surface area contributed by atoms with Crippen molar-refractivity contribution < 1.29 is 14.3 Å². The molecule has 0 saturated heterocycles. The lowest BCUT2D eigenvalue weighted by Gasteiger charge is -2.25. The van der Waals surface area contributed by atoms with E-state index in [1.54, 1.807) is 27.9 Å². The van der Waals surface area contributed by atoms with E-state index in [0.29, 0.717) is 49.9 Å². The summed E-state index contributed by atoms with van der Waals surface area (Å²) < 4.78 is 12.9. The molecule has 0 aliphatic carbocycles. The summed E-state index contributed by atoms with van der Waals surface area (Å²) >= 11 is 0. The second-order valence-electron chi connectivity index (χ2n) is 5.81. The Balaban J connectivity index is 1.74. The number of carbonyl (C=O) groups excluding carboxylic acids is 1. The van der Waals surface area contributed by atoms with Crippen LogP contribution in [0, 0.1) is 18.3 Å². The highest BCUT2D eigenvalue weighted by Crippen LogP contribution is 2.34. The highest BCUT2D eigenvalue weighted by molar-refractivity contribution is 5.93. The average Bonchev–Trinajstić information content (AvgIpc) is 3.05. The molecule has 0 radical (unpaired) electrons. The number of hydrogen-bond acceptors (Lipinski definition) is 5. The van der Waals surface area contributed by atoms with Crippen LogP contribution in [0.5, 0.6) is 11.5 Å². The van der Waals surface area contributed by atoms with Crippen molar-refractivity contribution in [3.63, 3.8) is 0 Å². The normalized spacial score (nSPS) is 12.5. The molecule has 1 aromatic carbocycles. The molecule has 0 atom stereocenters. The van der Waals surface area contributed by atoms with Gasteiger partial charge in [-0.25, -0.2) is 0 Å². The fraction of sp³-hybridized carbons (Fsp3) is 0.389. The molecule has 0 spiro atoms. The van der Waals surface area contributed by atoms with Crippen molar-refractivity contribution in [3.8, 4) is 17.6 Å². The summed E-state index contributed by atoms with van der Waals surface area (Å²) in [5.41, 5.74) is 1.77. The maximum absolute atomic E-state index is 12.7. The van der Waals surface area contributed by atoms with Crippen molar-refractivity contribution in [1.29, 1.82) is 5.26 Å². The third kappa shape index (κ3) is 4.10. The molecule has 3 rings (SSSR count). The summed E-state index contributed by atoms with van der Waals surface area (Å²) in [5.74, 6) is 1.25. The Labute approximate surface area is 146 Å². The molecular formula is C18H20N4O3. The number of aromatic nitrogens is 2. The lowest BCUT2D eigenvalue weighted by Crippen LogP contribution is -2.32. The first-order valence-corrected chi connectivity index (χ1v) is 8.23. The number of benzene rings is 1. The van der Waals surface area contributed by atoms with Crippen LogP contribution in [0.15, 0.2) is 30.6 Å². The van der Waals surface area contributed by atoms with Crippen molar-refractivity contribution in [2.24, 2.45) is 0 Å². The van der Waals surface area contributed by atoms with Gasteiger partial charge in [-0.15, -0.1) is 0 Å². The van der Waals surface area contributed by atoms with Crippen molar-refractivity contribution in [2.45, 2.75) is 26.3 Å². The van der Waals surface area contributed by atoms with Crippen molar-refractivity contribution in [3.05, 3.63) is 36.2 Å². The third-order valence-corrected chi connectivity index (χ3v) is 3.90. The Morgan fingerprint density at radius 3 is 2.88 bits per heavy atom. The van der Waals surface area contributed by atoms with E-state index in [-0.39, 0.29) is 12.3 Å². The van der Waals surface area contributed by atoms with Gasteiger partial charge in [0.05, 0.1) is 18.7 Å². The topological polar surface area (TPSA) is 80.4 Å². The van der Waals surface area contributed by atoms with Gasteiger partial charge in [0.25, 0.3) is 0 Å². The number of hydrogen-bond donors (Lipinski definition) is 0. The van der Waals surface area contributed by atoms with Crippen molar-refractivity contribution in [2.75, 3.05) is 24.7 Å². The number of aryl methyl sites for hydroxylation is 2. The molecule has 130 valence electrons. The SMILES string of the molecule is Cc1cnn(CCC(=O)N(CCC#N)c2ccc3c(c2)OCCO3)c1. The Bertz CT molecular complexity index is 794. The predicted molar refractivity (Wildman–Crippen MR) is 91.6 cm³/mol. The van der Waals surface area contributed by atoms with Crippen LogP contribution >= 0.6 is 0 Å². The minimum absolute atomic E-state index is 0.0555. The molecule has 0 unspecified atom stereocenters. The monoisotopic (exact) mass is 340 g/mol. The summed E-state index contributed by atoms with van der Waals surface area (Å²) in [4.78, 5) is 14.3. The average molecular weight is 340 g/mol. The molecule has 25 heavy (non-hydrogen) atoms. The minimum atomic E-state index is -0.0555. The van der Waals surface area contributed by atoms with Crippen LogP contribution in [-0.2, 0) is 11.3 Å². The number of carbonyl (C=O) groups is 1. The predicted octanol–water partition coefficient (Wildman–Crippen LogP) is 2.30. The summed E-state index contributed by atoms with van der Waals surface area (Å²) in [7, 11) is 0. The lowest BCUT2D eigenvalue weighted by atomic mass is 10.2. The standard InChI is InChI=1S/C18H20N4O3/c1-14-12-20-21(13-14)8-5-18(23)22(7-2-6-19)15-3-4-16-17(11-15)25-10-9-24-16/h3-4,11-13H,2,5,7-10H2,1H3. The van der Waals surface area contributed by atoms with Crippen molar-refractivity contribution >= 4 is 11.6 Å². The highest BCUT2D eigenvalue weighted by atomic mass is 16.6. The molecule has 1 aliphatic heterocycles. The van der Waals surface area contributed by atoms with E-state index < -0.39 is 0 Å². The summed E-state index contributed by atoms with van der Waals surface area (Å²) in [6.45, 7) is 3.81. The molecule has 0 fully saturated rings. The van der Waals surface area contributed by atoms with Crippen LogP contribution in [0.2, 0.25) is 0 Å². The largest absolute Gasteiger partial charge is 0.486 e. The smallest absolute Gasteiger partial charge is 0.228 e. The molecule has 1 aliphatic rings. The van der Waals surface area contributed by atoms with E-state index >= 15 is 0 Å². The molecule has 7 nitrogen and oxygen atoms in total. The molecule has 0 bridgehead atoms. The van der Waals surface area contributed by atoms with Gasteiger partial charge in [-0.05, 0) is 24.6 Å². The fourth-order valence-corrected chi connectivity index (χ4v) is 2.69. The van der Waals surface area contributed by atoms with Crippen LogP contribution in [0.4, 0.5) is 5.69 Å². The van der Waals surface area contributed by atoms with E-state index in [1.165, 1.54) is 0 Å². The zero-order chi connectivity index (χ0) is 17.6. The molecule has 0 saturated carbocycles. The van der Waals surface area contributed by atoms with Gasteiger partial charge < -0.3 is 14.4 Å². The maximum Gasteiger partial charge on any atom is 0.228 e. The first kappa shape index (κ1) is 16.8. The number of nitrogens with zero attached hydrogens (tertiary/aromatic N) is 4. The van der Waals surface area contributed by atoms with Gasteiger partial charge in [0.2, 0.25) is 5.91 Å². The second-order valence-corrected chi connectivity index (χ2v) is 5.81. The first-order valence-electron chi connectivity index (χ1n) is 8.23. The molecule has 2 heterocycles. The Hall–Kier alpha value is -3.01. The van der Waals surface area contributed by atoms with Gasteiger partial charge in [-0.1, -0.05) is 0 Å². The van der Waals surface area contributed by atoms with Gasteiger partial charge >= 0.3 is 0 Å². The Morgan fingerprint density at radius 2 is 2.16 bits per heavy atom. The fourth-order valence-electron chi connectivity index (χ4n) is 2.69. The number of nitriles is 1. The van der Waals surface area contributed by atoms with E-state index in [2.05, 4.69) is 11.2 Å². The van der Waals surface area contributed by atoms with Crippen LogP contribution in [0.25, 0.3) is 0 Å². The summed E-state index contributed by atoms with van der Waals surface area (Å²) in [5, 5.41) is 13.1. The molecule has 0 N–H and O–H groups in total. The number of fused-ring (bicyclic) bond motifs is 1. The van der Waals surface area contributed by atoms with Crippen molar-refractivity contribution in [1.82, 2.24) is 9.78 Å². The van der Waals surface area contributed by atoms with Gasteiger partial charge in [0, 0.05) is 37.5 Å². The van der Waals surface area contributed by atoms with Gasteiger partial charge in [-0.2, -0.15) is 10.4 Å². The Kier molecular flexibility index (Phi) is 5.19. The third-order valence-electron chi connectivity index (χ3n) is 3.90. The maximum atomic E-state index is 12.7. The second kappa shape index (κ2) is 7.71. The molecule has 1 amide bonds. The van der Waals surface area contributed by atoms with Crippen LogP contribution in [-0.4, -0.2) is 35.4 Å². The number of anilines is 1. The molecule has 1 aromatic heterocycles. The van der Waals surface area contributed by atoms with Gasteiger partial charge in [0.1, 0.15) is 13.2 Å². The van der Waals surface area contributed by atoms with Crippen LogP contribution < -0.4 is 14.4 Å². The highest BCUT2D eigenvalue weighted by Gasteiger charge is 2.19. The van der Waals surface area contributed by atoms with E-state index in [4.69, 9.17) is 14.7 Å². The molecule has 2 aromatic rings. The number of rotatable bonds is 6. The van der Waals surface area contributed by atoms with Gasteiger partial charge in [-0.3, -0.25) is 9.48 Å². The van der Waals surface area contributed by atoms with Crippen LogP contribution in [0.1, 0.15) is 18.4 Å². The van der Waals surface area contributed by atoms with E-state index in [9.17, 15) is 4.79 Å². The summed E-state index contributed by atoms with van der Waals surface area (Å²) in [6, 6.07) is 7.51. The van der Waals surface area contributed by atoms with Crippen LogP contribution in [0.3, 0.4) is 0 Å². The molecule has 7 heteroatoms. The first-order chi connectivity index (χ1) is 12.2. The quantitative estimate of drug-likeness (QED) is 0.806. The zero-order valence-corrected chi connectivity index (χ0v) is 14.1.